The first-order valence-corrected chi connectivity index (χ1v) is 9.51. The number of rotatable bonds is 5. The van der Waals surface area contributed by atoms with Gasteiger partial charge in [0.2, 0.25) is 0 Å². The Morgan fingerprint density at radius 2 is 1.69 bits per heavy atom. The average Bonchev–Trinajstić information content (AvgIpc) is 2.66. The van der Waals surface area contributed by atoms with E-state index < -0.39 is 0 Å². The van der Waals surface area contributed by atoms with E-state index in [0.717, 1.165) is 44.0 Å². The van der Waals surface area contributed by atoms with Crippen molar-refractivity contribution in [3.05, 3.63) is 63.6 Å². The van der Waals surface area contributed by atoms with E-state index in [1.54, 1.807) is 10.6 Å². The van der Waals surface area contributed by atoms with E-state index in [1.807, 2.05) is 44.2 Å². The highest BCUT2D eigenvalue weighted by Crippen LogP contribution is 2.33. The standard InChI is InChI=1S/C21H29N3O2/c1-4-22-11-13-23(14-12-22)20(17-9-7-6-8-10-17)19-18(25)15-16(3)24(5-2)21(19)26/h6-10,15,20,25H,4-5,11-14H2,1-3H3/t20-/m1/s1. The Hall–Kier alpha value is -2.11. The summed E-state index contributed by atoms with van der Waals surface area (Å²) in [5.41, 5.74) is 2.25. The van der Waals surface area contributed by atoms with E-state index in [1.165, 1.54) is 0 Å². The summed E-state index contributed by atoms with van der Waals surface area (Å²) < 4.78 is 1.74. The molecule has 1 fully saturated rings. The van der Waals surface area contributed by atoms with Gasteiger partial charge in [-0.15, -0.1) is 0 Å². The van der Waals surface area contributed by atoms with E-state index in [0.29, 0.717) is 12.1 Å². The monoisotopic (exact) mass is 355 g/mol. The first kappa shape index (κ1) is 18.7. The number of nitrogens with zero attached hydrogens (tertiary/aromatic N) is 3. The zero-order chi connectivity index (χ0) is 18.7. The molecule has 5 nitrogen and oxygen atoms in total. The maximum Gasteiger partial charge on any atom is 0.259 e. The van der Waals surface area contributed by atoms with Gasteiger partial charge in [0.1, 0.15) is 5.75 Å². The lowest BCUT2D eigenvalue weighted by Crippen LogP contribution is -2.48. The molecular weight excluding hydrogens is 326 g/mol. The predicted octanol–water partition coefficient (Wildman–Crippen LogP) is 2.61. The predicted molar refractivity (Wildman–Crippen MR) is 105 cm³/mol. The highest BCUT2D eigenvalue weighted by Gasteiger charge is 2.30. The van der Waals surface area contributed by atoms with Crippen LogP contribution in [0.3, 0.4) is 0 Å². The van der Waals surface area contributed by atoms with Crippen LogP contribution in [0.4, 0.5) is 0 Å². The molecule has 2 heterocycles. The fourth-order valence-corrected chi connectivity index (χ4v) is 3.95. The van der Waals surface area contributed by atoms with Crippen molar-refractivity contribution in [2.45, 2.75) is 33.4 Å². The Morgan fingerprint density at radius 1 is 1.04 bits per heavy atom. The second-order valence-corrected chi connectivity index (χ2v) is 6.92. The van der Waals surface area contributed by atoms with Crippen LogP contribution in [0.25, 0.3) is 0 Å². The number of aromatic hydroxyl groups is 1. The number of aryl methyl sites for hydroxylation is 1. The normalized spacial score (nSPS) is 17.3. The van der Waals surface area contributed by atoms with Gasteiger partial charge in [0.05, 0.1) is 11.6 Å². The molecule has 2 aromatic rings. The van der Waals surface area contributed by atoms with Crippen molar-refractivity contribution in [2.75, 3.05) is 32.7 Å². The molecule has 5 heteroatoms. The summed E-state index contributed by atoms with van der Waals surface area (Å²) >= 11 is 0. The number of hydrogen-bond donors (Lipinski definition) is 1. The molecule has 0 spiro atoms. The van der Waals surface area contributed by atoms with Crippen molar-refractivity contribution in [1.29, 1.82) is 0 Å². The van der Waals surface area contributed by atoms with Crippen LogP contribution in [0.5, 0.6) is 5.75 Å². The molecule has 0 radical (unpaired) electrons. The van der Waals surface area contributed by atoms with Gasteiger partial charge in [0.15, 0.2) is 0 Å². The quantitative estimate of drug-likeness (QED) is 0.896. The first-order chi connectivity index (χ1) is 12.6. The van der Waals surface area contributed by atoms with Crippen LogP contribution in [0.15, 0.2) is 41.2 Å². The molecule has 1 aromatic carbocycles. The molecule has 1 atom stereocenters. The van der Waals surface area contributed by atoms with Crippen LogP contribution in [-0.2, 0) is 6.54 Å². The second kappa shape index (κ2) is 8.06. The van der Waals surface area contributed by atoms with Gasteiger partial charge in [-0.05, 0) is 32.0 Å². The second-order valence-electron chi connectivity index (χ2n) is 6.92. The topological polar surface area (TPSA) is 48.7 Å². The Balaban J connectivity index is 2.10. The molecule has 3 rings (SSSR count). The number of piperazine rings is 1. The van der Waals surface area contributed by atoms with Gasteiger partial charge in [-0.3, -0.25) is 9.69 Å². The van der Waals surface area contributed by atoms with E-state index in [9.17, 15) is 9.90 Å². The first-order valence-electron chi connectivity index (χ1n) is 9.51. The summed E-state index contributed by atoms with van der Waals surface area (Å²) in [7, 11) is 0. The largest absolute Gasteiger partial charge is 0.507 e. The molecule has 0 amide bonds. The Kier molecular flexibility index (Phi) is 5.79. The smallest absolute Gasteiger partial charge is 0.259 e. The summed E-state index contributed by atoms with van der Waals surface area (Å²) in [4.78, 5) is 17.9. The molecule has 0 saturated carbocycles. The Bertz CT molecular complexity index is 793. The third-order valence-corrected chi connectivity index (χ3v) is 5.45. The number of pyridine rings is 1. The molecular formula is C21H29N3O2. The van der Waals surface area contributed by atoms with Crippen LogP contribution >= 0.6 is 0 Å². The van der Waals surface area contributed by atoms with Gasteiger partial charge in [0, 0.05) is 38.4 Å². The Labute approximate surface area is 155 Å². The summed E-state index contributed by atoms with van der Waals surface area (Å²) in [6.45, 7) is 11.4. The van der Waals surface area contributed by atoms with Crippen molar-refractivity contribution >= 4 is 0 Å². The van der Waals surface area contributed by atoms with Crippen molar-refractivity contribution in [2.24, 2.45) is 0 Å². The van der Waals surface area contributed by atoms with Crippen molar-refractivity contribution in [1.82, 2.24) is 14.4 Å². The summed E-state index contributed by atoms with van der Waals surface area (Å²) in [5, 5.41) is 10.7. The van der Waals surface area contributed by atoms with Gasteiger partial charge in [-0.1, -0.05) is 37.3 Å². The summed E-state index contributed by atoms with van der Waals surface area (Å²) in [5.74, 6) is 0.101. The SMILES string of the molecule is CCN1CCN([C@H](c2ccccc2)c2c(O)cc(C)n(CC)c2=O)CC1. The lowest BCUT2D eigenvalue weighted by molar-refractivity contribution is 0.111. The van der Waals surface area contributed by atoms with E-state index in [-0.39, 0.29) is 17.4 Å². The minimum absolute atomic E-state index is 0.0863. The zero-order valence-electron chi connectivity index (χ0n) is 16.0. The molecule has 0 aliphatic carbocycles. The third kappa shape index (κ3) is 3.55. The van der Waals surface area contributed by atoms with E-state index >= 15 is 0 Å². The maximum absolute atomic E-state index is 13.2. The molecule has 1 aromatic heterocycles. The van der Waals surface area contributed by atoms with Crippen molar-refractivity contribution in [3.63, 3.8) is 0 Å². The van der Waals surface area contributed by atoms with Gasteiger partial charge < -0.3 is 14.6 Å². The molecule has 1 aliphatic rings. The fraction of sp³-hybridized carbons (Fsp3) is 0.476. The van der Waals surface area contributed by atoms with Crippen LogP contribution < -0.4 is 5.56 Å². The highest BCUT2D eigenvalue weighted by atomic mass is 16.3. The lowest BCUT2D eigenvalue weighted by atomic mass is 9.96. The van der Waals surface area contributed by atoms with Gasteiger partial charge in [-0.2, -0.15) is 0 Å². The molecule has 1 N–H and O–H groups in total. The van der Waals surface area contributed by atoms with Crippen molar-refractivity contribution < 1.29 is 5.11 Å². The highest BCUT2D eigenvalue weighted by molar-refractivity contribution is 5.41. The van der Waals surface area contributed by atoms with Gasteiger partial charge in [-0.25, -0.2) is 0 Å². The molecule has 140 valence electrons. The number of aromatic nitrogens is 1. The molecule has 26 heavy (non-hydrogen) atoms. The minimum Gasteiger partial charge on any atom is -0.507 e. The van der Waals surface area contributed by atoms with Crippen LogP contribution in [0.1, 0.15) is 36.7 Å². The van der Waals surface area contributed by atoms with E-state index in [4.69, 9.17) is 0 Å². The lowest BCUT2D eigenvalue weighted by Gasteiger charge is -2.39. The van der Waals surface area contributed by atoms with Gasteiger partial charge >= 0.3 is 0 Å². The Morgan fingerprint density at radius 3 is 2.27 bits per heavy atom. The number of hydrogen-bond acceptors (Lipinski definition) is 4. The van der Waals surface area contributed by atoms with Crippen LogP contribution in [0, 0.1) is 6.92 Å². The van der Waals surface area contributed by atoms with Crippen LogP contribution in [0.2, 0.25) is 0 Å². The summed E-state index contributed by atoms with van der Waals surface area (Å²) in [6.07, 6.45) is 0. The molecule has 1 aliphatic heterocycles. The number of benzene rings is 1. The molecule has 0 unspecified atom stereocenters. The minimum atomic E-state index is -0.221. The average molecular weight is 355 g/mol. The van der Waals surface area contributed by atoms with Crippen molar-refractivity contribution in [3.8, 4) is 5.75 Å². The molecule has 0 bridgehead atoms. The number of likely N-dealkylation sites (N-methyl/N-ethyl adjacent to an activating group) is 1. The summed E-state index contributed by atoms with van der Waals surface area (Å²) in [6, 6.07) is 11.6. The molecule has 1 saturated heterocycles. The maximum atomic E-state index is 13.2. The van der Waals surface area contributed by atoms with Crippen LogP contribution in [-0.4, -0.2) is 52.2 Å². The third-order valence-electron chi connectivity index (χ3n) is 5.45. The zero-order valence-corrected chi connectivity index (χ0v) is 16.0. The van der Waals surface area contributed by atoms with Gasteiger partial charge in [0.25, 0.3) is 5.56 Å². The van der Waals surface area contributed by atoms with E-state index in [2.05, 4.69) is 16.7 Å². The fourth-order valence-electron chi connectivity index (χ4n) is 3.95.